The van der Waals surface area contributed by atoms with Gasteiger partial charge in [0, 0.05) is 13.0 Å². The van der Waals surface area contributed by atoms with Gasteiger partial charge in [0.1, 0.15) is 17.6 Å². The minimum Gasteiger partial charge on any atom is -0.497 e. The van der Waals surface area contributed by atoms with E-state index < -0.39 is 68.5 Å². The number of carbonyl (C=O) groups is 1. The number of benzene rings is 4. The lowest BCUT2D eigenvalue weighted by Crippen LogP contribution is -2.58. The average molecular weight is 1000 g/mol. The number of carbonyl (C=O) groups excluding carboxylic acids is 1. The molecule has 382 valence electrons. The fourth-order valence-electron chi connectivity index (χ4n) is 9.89. The van der Waals surface area contributed by atoms with Crippen LogP contribution in [0.1, 0.15) is 116 Å². The summed E-state index contributed by atoms with van der Waals surface area (Å²) in [6.45, 7) is 27.1. The second kappa shape index (κ2) is 26.0. The van der Waals surface area contributed by atoms with Crippen LogP contribution in [-0.2, 0) is 35.0 Å². The van der Waals surface area contributed by atoms with Crippen molar-refractivity contribution in [2.75, 3.05) is 13.7 Å². The third kappa shape index (κ3) is 14.9. The molecule has 0 heterocycles. The molecule has 0 aromatic heterocycles. The van der Waals surface area contributed by atoms with Gasteiger partial charge < -0.3 is 28.2 Å². The number of methoxy groups -OCH3 is 1. The van der Waals surface area contributed by atoms with Crippen molar-refractivity contribution < 1.29 is 41.4 Å². The van der Waals surface area contributed by atoms with Crippen molar-refractivity contribution in [2.45, 2.75) is 181 Å². The molecule has 0 unspecified atom stereocenters. The third-order valence-corrected chi connectivity index (χ3v) is 26.4. The van der Waals surface area contributed by atoms with Gasteiger partial charge in [0.2, 0.25) is 10.0 Å². The van der Waals surface area contributed by atoms with Gasteiger partial charge in [0.15, 0.2) is 16.6 Å². The highest BCUT2D eigenvalue weighted by Gasteiger charge is 2.49. The molecule has 4 rings (SSSR count). The Morgan fingerprint density at radius 3 is 1.75 bits per heavy atom. The molecule has 0 amide bonds. The number of nitrogens with zero attached hydrogens (tertiary/aromatic N) is 1. The lowest BCUT2D eigenvalue weighted by molar-refractivity contribution is -0.162. The lowest BCUT2D eigenvalue weighted by Gasteiger charge is -2.49. The second-order valence-corrected chi connectivity index (χ2v) is 30.9. The molecule has 10 nitrogen and oxygen atoms in total. The Morgan fingerprint density at radius 1 is 0.739 bits per heavy atom. The van der Waals surface area contributed by atoms with Crippen molar-refractivity contribution in [2.24, 2.45) is 11.8 Å². The molecule has 0 aliphatic carbocycles. The van der Waals surface area contributed by atoms with Crippen LogP contribution in [-0.4, -0.2) is 78.0 Å². The van der Waals surface area contributed by atoms with Crippen molar-refractivity contribution in [1.29, 1.82) is 0 Å². The summed E-state index contributed by atoms with van der Waals surface area (Å²) in [5.41, 5.74) is 2.72. The maximum Gasteiger partial charge on any atom is 0.311 e. The van der Waals surface area contributed by atoms with Crippen LogP contribution in [0.25, 0.3) is 0 Å². The molecule has 1 N–H and O–H groups in total. The smallest absolute Gasteiger partial charge is 0.311 e. The van der Waals surface area contributed by atoms with E-state index in [0.717, 1.165) is 58.9 Å². The highest BCUT2D eigenvalue weighted by atomic mass is 32.2. The molecule has 0 aliphatic rings. The number of esters is 1. The largest absolute Gasteiger partial charge is 0.497 e. The van der Waals surface area contributed by atoms with Crippen molar-refractivity contribution >= 4 is 32.6 Å². The molecule has 0 fully saturated rings. The monoisotopic (exact) mass is 1000 g/mol. The van der Waals surface area contributed by atoms with Crippen LogP contribution >= 0.6 is 0 Å². The predicted molar refractivity (Wildman–Crippen MR) is 285 cm³/mol. The quantitative estimate of drug-likeness (QED) is 0.0419. The van der Waals surface area contributed by atoms with E-state index in [1.54, 1.807) is 21.0 Å². The van der Waals surface area contributed by atoms with Gasteiger partial charge in [-0.2, -0.15) is 4.31 Å². The molecule has 0 saturated carbocycles. The summed E-state index contributed by atoms with van der Waals surface area (Å²) in [5.74, 6) is -0.0768. The van der Waals surface area contributed by atoms with Gasteiger partial charge in [0.25, 0.3) is 0 Å². The minimum atomic E-state index is -4.16. The third-order valence-electron chi connectivity index (χ3n) is 14.8. The van der Waals surface area contributed by atoms with Crippen molar-refractivity contribution in [1.82, 2.24) is 4.31 Å². The van der Waals surface area contributed by atoms with Crippen LogP contribution in [0.5, 0.6) is 11.5 Å². The van der Waals surface area contributed by atoms with Gasteiger partial charge in [-0.3, -0.25) is 4.79 Å². The molecule has 13 heteroatoms. The van der Waals surface area contributed by atoms with Crippen LogP contribution in [0.4, 0.5) is 0 Å². The molecule has 0 saturated heterocycles. The number of sulfonamides is 1. The Morgan fingerprint density at radius 2 is 1.25 bits per heavy atom. The first-order chi connectivity index (χ1) is 32.7. The molecule has 69 heavy (non-hydrogen) atoms. The topological polar surface area (TPSA) is 121 Å². The van der Waals surface area contributed by atoms with Gasteiger partial charge in [-0.1, -0.05) is 127 Å². The Bertz CT molecular complexity index is 2250. The standard InChI is InChI=1S/C56H85NO9SSi2/c1-15-68(16-2,17-3)65-52(37-42(8)40-63-50-33-31-49(62-14)32-34-50)56(13,66-69(18-4,19-5)20-6)38-51(58)45(11)55(59)64-53(48-29-25-22-26-30-48)46(12)57(39-47-27-23-21-24-28-47)67(60,61)54-43(9)35-41(7)36-44(54)10/h21-36,42,45-46,51-53,58H,15-20,37-40H2,1-14H3/t42-,45-,46+,51-,52-,53+,56+/m0/s1. The summed E-state index contributed by atoms with van der Waals surface area (Å²) in [6, 6.07) is 34.8. The Kier molecular flexibility index (Phi) is 21.8. The molecular formula is C56H85NO9SSi2. The Hall–Kier alpha value is -3.83. The number of hydrogen-bond acceptors (Lipinski definition) is 9. The van der Waals surface area contributed by atoms with E-state index in [2.05, 4.69) is 55.4 Å². The molecule has 0 bridgehead atoms. The van der Waals surface area contributed by atoms with Gasteiger partial charge in [-0.25, -0.2) is 8.42 Å². The summed E-state index contributed by atoms with van der Waals surface area (Å²) >= 11 is 0. The first kappa shape index (κ1) is 57.8. The molecule has 4 aromatic rings. The van der Waals surface area contributed by atoms with Crippen molar-refractivity contribution in [3.05, 3.63) is 125 Å². The number of aliphatic hydroxyl groups is 1. The molecule has 0 aliphatic heterocycles. The molecule has 4 aromatic carbocycles. The minimum absolute atomic E-state index is 0.0484. The van der Waals surface area contributed by atoms with Crippen LogP contribution in [0.2, 0.25) is 36.3 Å². The van der Waals surface area contributed by atoms with Crippen LogP contribution in [0.15, 0.2) is 102 Å². The van der Waals surface area contributed by atoms with Gasteiger partial charge >= 0.3 is 5.97 Å². The van der Waals surface area contributed by atoms with Crippen molar-refractivity contribution in [3.8, 4) is 11.5 Å². The van der Waals surface area contributed by atoms with E-state index >= 15 is 8.42 Å². The first-order valence-corrected chi connectivity index (χ1v) is 31.9. The van der Waals surface area contributed by atoms with Crippen molar-refractivity contribution in [3.63, 3.8) is 0 Å². The summed E-state index contributed by atoms with van der Waals surface area (Å²) in [6.07, 6.45) is -1.87. The van der Waals surface area contributed by atoms with E-state index in [1.807, 2.05) is 118 Å². The first-order valence-electron chi connectivity index (χ1n) is 25.4. The summed E-state index contributed by atoms with van der Waals surface area (Å²) in [4.78, 5) is 15.0. The predicted octanol–water partition coefficient (Wildman–Crippen LogP) is 13.1. The molecular weight excluding hydrogens is 919 g/mol. The SMILES string of the molecule is CC[Si](CC)(CC)O[C@@H](C[C@H](C)COc1ccc(OC)cc1)[C@@](C)(C[C@H](O)[C@H](C)C(=O)O[C@@H](c1ccccc1)[C@@H](C)N(Cc1ccccc1)S(=O)(=O)c1c(C)cc(C)cc1C)O[Si](CC)(CC)CC. The lowest BCUT2D eigenvalue weighted by atomic mass is 9.84. The van der Waals surface area contributed by atoms with Crippen LogP contribution in [0, 0.1) is 32.6 Å². The van der Waals surface area contributed by atoms with Crippen LogP contribution < -0.4 is 9.47 Å². The normalized spacial score (nSPS) is 15.9. The zero-order chi connectivity index (χ0) is 51.2. The molecule has 0 radical (unpaired) electrons. The van der Waals surface area contributed by atoms with E-state index in [0.29, 0.717) is 29.7 Å². The molecule has 7 atom stereocenters. The maximum atomic E-state index is 15.1. The summed E-state index contributed by atoms with van der Waals surface area (Å²) < 4.78 is 65.0. The Labute approximate surface area is 418 Å². The number of rotatable bonds is 29. The number of hydrogen-bond donors (Lipinski definition) is 1. The average Bonchev–Trinajstić information content (AvgIpc) is 3.34. The number of aliphatic hydroxyl groups excluding tert-OH is 1. The zero-order valence-electron chi connectivity index (χ0n) is 44.3. The summed E-state index contributed by atoms with van der Waals surface area (Å²) in [7, 11) is -7.15. The van der Waals surface area contributed by atoms with E-state index in [1.165, 1.54) is 4.31 Å². The fraction of sp³-hybridized carbons (Fsp3) is 0.554. The summed E-state index contributed by atoms with van der Waals surface area (Å²) in [5, 5.41) is 12.5. The highest BCUT2D eigenvalue weighted by molar-refractivity contribution is 7.89. The van der Waals surface area contributed by atoms with E-state index in [4.69, 9.17) is 23.1 Å². The highest BCUT2D eigenvalue weighted by Crippen LogP contribution is 2.41. The van der Waals surface area contributed by atoms with Crippen LogP contribution in [0.3, 0.4) is 0 Å². The maximum absolute atomic E-state index is 15.1. The zero-order valence-corrected chi connectivity index (χ0v) is 47.2. The fourth-order valence-corrected chi connectivity index (χ4v) is 18.0. The second-order valence-electron chi connectivity index (χ2n) is 19.7. The number of aryl methyl sites for hydroxylation is 3. The molecule has 0 spiro atoms. The van der Waals surface area contributed by atoms with Gasteiger partial charge in [-0.15, -0.1) is 0 Å². The van der Waals surface area contributed by atoms with E-state index in [9.17, 15) is 9.90 Å². The van der Waals surface area contributed by atoms with Gasteiger partial charge in [-0.05, 0) is 137 Å². The Balaban J connectivity index is 1.76. The van der Waals surface area contributed by atoms with Gasteiger partial charge in [0.05, 0.1) is 48.4 Å². The number of ether oxygens (including phenoxy) is 3. The van der Waals surface area contributed by atoms with E-state index in [-0.39, 0.29) is 23.8 Å².